The van der Waals surface area contributed by atoms with Gasteiger partial charge in [-0.15, -0.1) is 0 Å². The molecule has 0 unspecified atom stereocenters. The van der Waals surface area contributed by atoms with Crippen LogP contribution in [0.1, 0.15) is 46.5 Å². The molecule has 2 heterocycles. The van der Waals surface area contributed by atoms with Crippen LogP contribution in [0, 0.1) is 5.92 Å². The molecule has 0 bridgehead atoms. The second-order valence-electron chi connectivity index (χ2n) is 8.29. The van der Waals surface area contributed by atoms with Gasteiger partial charge in [-0.05, 0) is 18.8 Å². The van der Waals surface area contributed by atoms with Gasteiger partial charge in [-0.3, -0.25) is 9.80 Å². The van der Waals surface area contributed by atoms with Crippen molar-refractivity contribution in [1.29, 1.82) is 0 Å². The van der Waals surface area contributed by atoms with Crippen LogP contribution in [0.4, 0.5) is 0 Å². The molecule has 0 aromatic heterocycles. The van der Waals surface area contributed by atoms with Gasteiger partial charge in [-0.1, -0.05) is 33.6 Å². The van der Waals surface area contributed by atoms with E-state index >= 15 is 0 Å². The van der Waals surface area contributed by atoms with Crippen LogP contribution < -0.4 is 0 Å². The quantitative estimate of drug-likeness (QED) is 0.529. The van der Waals surface area contributed by atoms with E-state index in [1.54, 1.807) is 14.2 Å². The fraction of sp³-hybridized carbons (Fsp3) is 1.00. The number of unbranched alkanes of at least 4 members (excludes halogenated alkanes) is 1. The largest absolute Gasteiger partial charge is 0.383 e. The Labute approximate surface area is 173 Å². The smallest absolute Gasteiger partial charge is 0.0618 e. The molecule has 0 saturated carbocycles. The molecular weight excluding hydrogens is 356 g/mol. The van der Waals surface area contributed by atoms with Gasteiger partial charge in [0.1, 0.15) is 0 Å². The van der Waals surface area contributed by atoms with Gasteiger partial charge in [0, 0.05) is 52.5 Å². The maximum atomic E-state index is 5.35. The Morgan fingerprint density at radius 3 is 1.68 bits per heavy atom. The molecule has 2 aliphatic heterocycles. The Balaban J connectivity index is 0.000000280. The zero-order valence-corrected chi connectivity index (χ0v) is 19.2. The van der Waals surface area contributed by atoms with Crippen molar-refractivity contribution in [2.45, 2.75) is 58.5 Å². The van der Waals surface area contributed by atoms with Crippen molar-refractivity contribution >= 4 is 0 Å². The zero-order valence-electron chi connectivity index (χ0n) is 19.2. The van der Waals surface area contributed by atoms with Gasteiger partial charge >= 0.3 is 0 Å². The lowest BCUT2D eigenvalue weighted by molar-refractivity contribution is -0.00835. The minimum atomic E-state index is 0.573. The van der Waals surface area contributed by atoms with Gasteiger partial charge in [0.05, 0.1) is 39.6 Å². The summed E-state index contributed by atoms with van der Waals surface area (Å²) in [6, 6.07) is 1.17. The van der Waals surface area contributed by atoms with Crippen molar-refractivity contribution in [3.8, 4) is 0 Å². The number of rotatable bonds is 11. The third kappa shape index (κ3) is 11.1. The lowest BCUT2D eigenvalue weighted by atomic mass is 10.0. The van der Waals surface area contributed by atoms with Crippen molar-refractivity contribution in [2.24, 2.45) is 5.92 Å². The summed E-state index contributed by atoms with van der Waals surface area (Å²) in [5, 5.41) is 0. The van der Waals surface area contributed by atoms with Crippen molar-refractivity contribution in [2.75, 3.05) is 80.0 Å². The first kappa shape index (κ1) is 25.8. The van der Waals surface area contributed by atoms with Crippen molar-refractivity contribution in [1.82, 2.24) is 9.80 Å². The Morgan fingerprint density at radius 1 is 0.786 bits per heavy atom. The van der Waals surface area contributed by atoms with Crippen molar-refractivity contribution in [3.05, 3.63) is 0 Å². The van der Waals surface area contributed by atoms with Crippen LogP contribution in [-0.4, -0.2) is 102 Å². The molecule has 0 N–H and O–H groups in total. The van der Waals surface area contributed by atoms with Crippen molar-refractivity contribution < 1.29 is 18.9 Å². The summed E-state index contributed by atoms with van der Waals surface area (Å²) >= 11 is 0. The minimum Gasteiger partial charge on any atom is -0.383 e. The van der Waals surface area contributed by atoms with Crippen LogP contribution >= 0.6 is 0 Å². The molecule has 2 rings (SSSR count). The summed E-state index contributed by atoms with van der Waals surface area (Å²) in [5.41, 5.74) is 0. The molecule has 2 saturated heterocycles. The monoisotopic (exact) mass is 402 g/mol. The molecule has 28 heavy (non-hydrogen) atoms. The van der Waals surface area contributed by atoms with Gasteiger partial charge < -0.3 is 18.9 Å². The maximum absolute atomic E-state index is 5.35. The molecule has 0 radical (unpaired) electrons. The van der Waals surface area contributed by atoms with Gasteiger partial charge in [0.2, 0.25) is 0 Å². The normalized spacial score (nSPS) is 21.2. The average molecular weight is 403 g/mol. The standard InChI is InChI=1S/2C11H23NO2/c1-10(2)8-11(9-13-3)12-4-6-14-7-5-12;1-3-4-5-11(10-13-2)12-6-8-14-9-7-12/h10-11H,4-9H2,1-3H3;11H,3-10H2,1-2H3/t2*11-/m01/s1. The zero-order chi connectivity index (χ0) is 20.6. The number of morpholine rings is 2. The number of hydrogen-bond acceptors (Lipinski definition) is 6. The Kier molecular flexibility index (Phi) is 15.2. The number of ether oxygens (including phenoxy) is 4. The highest BCUT2D eigenvalue weighted by atomic mass is 16.5. The highest BCUT2D eigenvalue weighted by Crippen LogP contribution is 2.14. The fourth-order valence-corrected chi connectivity index (χ4v) is 3.95. The first-order valence-corrected chi connectivity index (χ1v) is 11.2. The van der Waals surface area contributed by atoms with Crippen LogP contribution in [0.3, 0.4) is 0 Å². The van der Waals surface area contributed by atoms with E-state index in [-0.39, 0.29) is 0 Å². The second-order valence-corrected chi connectivity index (χ2v) is 8.29. The minimum absolute atomic E-state index is 0.573. The fourth-order valence-electron chi connectivity index (χ4n) is 3.95. The van der Waals surface area contributed by atoms with Crippen LogP contribution in [0.5, 0.6) is 0 Å². The molecule has 2 fully saturated rings. The van der Waals surface area contributed by atoms with E-state index in [1.807, 2.05) is 0 Å². The summed E-state index contributed by atoms with van der Waals surface area (Å²) in [6.45, 7) is 16.2. The first-order chi connectivity index (χ1) is 13.6. The maximum Gasteiger partial charge on any atom is 0.0618 e. The van der Waals surface area contributed by atoms with E-state index in [0.29, 0.717) is 12.1 Å². The predicted molar refractivity (Wildman–Crippen MR) is 115 cm³/mol. The van der Waals surface area contributed by atoms with E-state index in [2.05, 4.69) is 30.6 Å². The molecule has 0 aromatic rings. The van der Waals surface area contributed by atoms with E-state index in [4.69, 9.17) is 18.9 Å². The Bertz CT molecular complexity index is 345. The number of hydrogen-bond donors (Lipinski definition) is 0. The molecule has 0 aromatic carbocycles. The second kappa shape index (κ2) is 16.5. The lowest BCUT2D eigenvalue weighted by Crippen LogP contribution is -2.46. The highest BCUT2D eigenvalue weighted by molar-refractivity contribution is 4.75. The molecule has 168 valence electrons. The van der Waals surface area contributed by atoms with Crippen LogP contribution in [0.25, 0.3) is 0 Å². The molecule has 2 aliphatic rings. The van der Waals surface area contributed by atoms with E-state index in [0.717, 1.165) is 71.7 Å². The average Bonchev–Trinajstić information content (AvgIpc) is 2.72. The molecule has 0 amide bonds. The Morgan fingerprint density at radius 2 is 1.25 bits per heavy atom. The molecule has 2 atom stereocenters. The summed E-state index contributed by atoms with van der Waals surface area (Å²) in [4.78, 5) is 5.00. The van der Waals surface area contributed by atoms with E-state index in [9.17, 15) is 0 Å². The predicted octanol–water partition coefficient (Wildman–Crippen LogP) is 2.90. The van der Waals surface area contributed by atoms with Crippen LogP contribution in [0.15, 0.2) is 0 Å². The molecule has 0 aliphatic carbocycles. The molecule has 6 nitrogen and oxygen atoms in total. The summed E-state index contributed by atoms with van der Waals surface area (Å²) in [5.74, 6) is 0.734. The summed E-state index contributed by atoms with van der Waals surface area (Å²) in [7, 11) is 3.58. The molecule has 0 spiro atoms. The van der Waals surface area contributed by atoms with E-state index in [1.165, 1.54) is 25.7 Å². The van der Waals surface area contributed by atoms with Gasteiger partial charge in [0.25, 0.3) is 0 Å². The van der Waals surface area contributed by atoms with Crippen molar-refractivity contribution in [3.63, 3.8) is 0 Å². The molecule has 6 heteroatoms. The third-order valence-electron chi connectivity index (χ3n) is 5.48. The van der Waals surface area contributed by atoms with Crippen LogP contribution in [-0.2, 0) is 18.9 Å². The van der Waals surface area contributed by atoms with E-state index < -0.39 is 0 Å². The number of nitrogens with zero attached hydrogens (tertiary/aromatic N) is 2. The first-order valence-electron chi connectivity index (χ1n) is 11.2. The highest BCUT2D eigenvalue weighted by Gasteiger charge is 2.21. The third-order valence-corrected chi connectivity index (χ3v) is 5.48. The van der Waals surface area contributed by atoms with Gasteiger partial charge in [-0.25, -0.2) is 0 Å². The van der Waals surface area contributed by atoms with Crippen LogP contribution in [0.2, 0.25) is 0 Å². The SMILES string of the molecule is CCCC[C@H](COC)N1CCOCC1.COC[C@H](CC(C)C)N1CCOCC1. The summed E-state index contributed by atoms with van der Waals surface area (Å²) < 4.78 is 21.2. The number of methoxy groups -OCH3 is 2. The van der Waals surface area contributed by atoms with Gasteiger partial charge in [0.15, 0.2) is 0 Å². The lowest BCUT2D eigenvalue weighted by Gasteiger charge is -2.35. The topological polar surface area (TPSA) is 43.4 Å². The Hall–Kier alpha value is -0.240. The van der Waals surface area contributed by atoms with Gasteiger partial charge in [-0.2, -0.15) is 0 Å². The molecular formula is C22H46N2O4. The summed E-state index contributed by atoms with van der Waals surface area (Å²) in [6.07, 6.45) is 5.04.